The van der Waals surface area contributed by atoms with E-state index in [0.717, 1.165) is 24.9 Å². The van der Waals surface area contributed by atoms with Gasteiger partial charge in [-0.1, -0.05) is 25.5 Å². The second kappa shape index (κ2) is 7.89. The predicted molar refractivity (Wildman–Crippen MR) is 73.7 cm³/mol. The second-order valence-electron chi connectivity index (χ2n) is 4.92. The highest BCUT2D eigenvalue weighted by molar-refractivity contribution is 5.67. The Morgan fingerprint density at radius 3 is 2.53 bits per heavy atom. The van der Waals surface area contributed by atoms with Crippen molar-refractivity contribution >= 4 is 5.97 Å². The van der Waals surface area contributed by atoms with E-state index in [-0.39, 0.29) is 18.3 Å². The Bertz CT molecular complexity index is 392. The summed E-state index contributed by atoms with van der Waals surface area (Å²) in [6.45, 7) is 3.00. The Labute approximate surface area is 114 Å². The summed E-state index contributed by atoms with van der Waals surface area (Å²) in [6, 6.07) is 6.23. The van der Waals surface area contributed by atoms with E-state index in [9.17, 15) is 9.18 Å². The summed E-state index contributed by atoms with van der Waals surface area (Å²) in [4.78, 5) is 13.0. The summed E-state index contributed by atoms with van der Waals surface area (Å²) < 4.78 is 12.9. The van der Waals surface area contributed by atoms with Crippen LogP contribution in [0.25, 0.3) is 0 Å². The SMILES string of the molecule is CCCCN(C)C(CC(=O)O)Cc1ccc(F)cc1. The lowest BCUT2D eigenvalue weighted by Gasteiger charge is -2.27. The first-order valence-electron chi connectivity index (χ1n) is 6.69. The molecule has 1 aromatic carbocycles. The van der Waals surface area contributed by atoms with Gasteiger partial charge in [0.1, 0.15) is 5.82 Å². The molecular weight excluding hydrogens is 245 g/mol. The van der Waals surface area contributed by atoms with Crippen molar-refractivity contribution in [3.05, 3.63) is 35.6 Å². The zero-order valence-electron chi connectivity index (χ0n) is 11.6. The smallest absolute Gasteiger partial charge is 0.304 e. The minimum absolute atomic E-state index is 0.0467. The van der Waals surface area contributed by atoms with E-state index in [1.807, 2.05) is 7.05 Å². The zero-order chi connectivity index (χ0) is 14.3. The number of rotatable bonds is 8. The molecule has 0 aliphatic rings. The Balaban J connectivity index is 2.67. The van der Waals surface area contributed by atoms with Crippen LogP contribution in [0, 0.1) is 5.82 Å². The van der Waals surface area contributed by atoms with Crippen molar-refractivity contribution in [3.8, 4) is 0 Å². The highest BCUT2D eigenvalue weighted by Crippen LogP contribution is 2.13. The lowest BCUT2D eigenvalue weighted by Crippen LogP contribution is -2.36. The Hall–Kier alpha value is -1.42. The van der Waals surface area contributed by atoms with E-state index in [1.165, 1.54) is 12.1 Å². The second-order valence-corrected chi connectivity index (χ2v) is 4.92. The average Bonchev–Trinajstić information content (AvgIpc) is 2.37. The molecule has 0 aliphatic heterocycles. The van der Waals surface area contributed by atoms with E-state index < -0.39 is 5.97 Å². The fourth-order valence-corrected chi connectivity index (χ4v) is 2.07. The number of aliphatic carboxylic acids is 1. The standard InChI is InChI=1S/C15H22FNO2/c1-3-4-9-17(2)14(11-15(18)19)10-12-5-7-13(16)8-6-12/h5-8,14H,3-4,9-11H2,1-2H3,(H,18,19). The molecule has 0 aromatic heterocycles. The summed E-state index contributed by atoms with van der Waals surface area (Å²) in [6.07, 6.45) is 2.88. The number of unbranched alkanes of at least 4 members (excludes halogenated alkanes) is 1. The number of hydrogen-bond donors (Lipinski definition) is 1. The largest absolute Gasteiger partial charge is 0.481 e. The predicted octanol–water partition coefficient (Wildman–Crippen LogP) is 2.94. The fraction of sp³-hybridized carbons (Fsp3) is 0.533. The number of likely N-dealkylation sites (N-methyl/N-ethyl adjacent to an activating group) is 1. The van der Waals surface area contributed by atoms with Crippen LogP contribution >= 0.6 is 0 Å². The summed E-state index contributed by atoms with van der Waals surface area (Å²) in [5.74, 6) is -1.06. The molecule has 1 unspecified atom stereocenters. The van der Waals surface area contributed by atoms with E-state index in [1.54, 1.807) is 12.1 Å². The highest BCUT2D eigenvalue weighted by Gasteiger charge is 2.18. The van der Waals surface area contributed by atoms with Gasteiger partial charge in [0.2, 0.25) is 0 Å². The number of carbonyl (C=O) groups is 1. The van der Waals surface area contributed by atoms with Crippen molar-refractivity contribution < 1.29 is 14.3 Å². The summed E-state index contributed by atoms with van der Waals surface area (Å²) in [5.41, 5.74) is 0.969. The van der Waals surface area contributed by atoms with Gasteiger partial charge in [-0.2, -0.15) is 0 Å². The maximum Gasteiger partial charge on any atom is 0.304 e. The first-order chi connectivity index (χ1) is 9.02. The molecule has 1 rings (SSSR count). The van der Waals surface area contributed by atoms with E-state index in [4.69, 9.17) is 5.11 Å². The summed E-state index contributed by atoms with van der Waals surface area (Å²) >= 11 is 0. The van der Waals surface area contributed by atoms with E-state index in [2.05, 4.69) is 11.8 Å². The van der Waals surface area contributed by atoms with Crippen LogP contribution in [-0.2, 0) is 11.2 Å². The van der Waals surface area contributed by atoms with Crippen LogP contribution in [0.2, 0.25) is 0 Å². The number of nitrogens with zero attached hydrogens (tertiary/aromatic N) is 1. The molecule has 4 heteroatoms. The van der Waals surface area contributed by atoms with Gasteiger partial charge in [-0.3, -0.25) is 4.79 Å². The third kappa shape index (κ3) is 5.83. The fourth-order valence-electron chi connectivity index (χ4n) is 2.07. The highest BCUT2D eigenvalue weighted by atomic mass is 19.1. The molecule has 3 nitrogen and oxygen atoms in total. The van der Waals surface area contributed by atoms with Gasteiger partial charge in [0, 0.05) is 6.04 Å². The molecule has 1 atom stereocenters. The monoisotopic (exact) mass is 267 g/mol. The van der Waals surface area contributed by atoms with Crippen LogP contribution < -0.4 is 0 Å². The molecular formula is C15H22FNO2. The molecule has 106 valence electrons. The Kier molecular flexibility index (Phi) is 6.50. The molecule has 0 fully saturated rings. The van der Waals surface area contributed by atoms with Crippen molar-refractivity contribution in [3.63, 3.8) is 0 Å². The molecule has 0 spiro atoms. The summed E-state index contributed by atoms with van der Waals surface area (Å²) in [5, 5.41) is 8.99. The number of benzene rings is 1. The molecule has 0 aliphatic carbocycles. The maximum absolute atomic E-state index is 12.9. The van der Waals surface area contributed by atoms with Gasteiger partial charge in [0.05, 0.1) is 6.42 Å². The Morgan fingerprint density at radius 2 is 2.00 bits per heavy atom. The number of carboxylic acid groups (broad SMARTS) is 1. The van der Waals surface area contributed by atoms with E-state index in [0.29, 0.717) is 6.42 Å². The van der Waals surface area contributed by atoms with Crippen LogP contribution in [0.5, 0.6) is 0 Å². The topological polar surface area (TPSA) is 40.5 Å². The molecule has 0 heterocycles. The first-order valence-corrected chi connectivity index (χ1v) is 6.69. The lowest BCUT2D eigenvalue weighted by molar-refractivity contribution is -0.138. The van der Waals surface area contributed by atoms with Gasteiger partial charge in [-0.05, 0) is 44.1 Å². The molecule has 0 radical (unpaired) electrons. The molecule has 0 saturated heterocycles. The zero-order valence-corrected chi connectivity index (χ0v) is 11.6. The van der Waals surface area contributed by atoms with Crippen LogP contribution in [0.15, 0.2) is 24.3 Å². The van der Waals surface area contributed by atoms with Crippen LogP contribution in [0.4, 0.5) is 4.39 Å². The number of hydrogen-bond acceptors (Lipinski definition) is 2. The third-order valence-corrected chi connectivity index (χ3v) is 3.28. The molecule has 19 heavy (non-hydrogen) atoms. The van der Waals surface area contributed by atoms with Crippen molar-refractivity contribution in [2.45, 2.75) is 38.6 Å². The minimum Gasteiger partial charge on any atom is -0.481 e. The van der Waals surface area contributed by atoms with Gasteiger partial charge < -0.3 is 10.0 Å². The number of halogens is 1. The van der Waals surface area contributed by atoms with Crippen molar-refractivity contribution in [2.24, 2.45) is 0 Å². The van der Waals surface area contributed by atoms with E-state index >= 15 is 0 Å². The lowest BCUT2D eigenvalue weighted by atomic mass is 10.0. The molecule has 0 amide bonds. The quantitative estimate of drug-likeness (QED) is 0.787. The van der Waals surface area contributed by atoms with Gasteiger partial charge in [0.15, 0.2) is 0 Å². The third-order valence-electron chi connectivity index (χ3n) is 3.28. The van der Waals surface area contributed by atoms with Gasteiger partial charge >= 0.3 is 5.97 Å². The van der Waals surface area contributed by atoms with Crippen LogP contribution in [0.1, 0.15) is 31.7 Å². The van der Waals surface area contributed by atoms with Crippen LogP contribution in [-0.4, -0.2) is 35.6 Å². The normalized spacial score (nSPS) is 12.6. The minimum atomic E-state index is -0.796. The average molecular weight is 267 g/mol. The van der Waals surface area contributed by atoms with Crippen molar-refractivity contribution in [1.29, 1.82) is 0 Å². The summed E-state index contributed by atoms with van der Waals surface area (Å²) in [7, 11) is 1.95. The number of carboxylic acids is 1. The van der Waals surface area contributed by atoms with Crippen LogP contribution in [0.3, 0.4) is 0 Å². The van der Waals surface area contributed by atoms with Gasteiger partial charge in [0.25, 0.3) is 0 Å². The maximum atomic E-state index is 12.9. The van der Waals surface area contributed by atoms with Gasteiger partial charge in [-0.15, -0.1) is 0 Å². The molecule has 0 saturated carbocycles. The van der Waals surface area contributed by atoms with Crippen molar-refractivity contribution in [1.82, 2.24) is 4.90 Å². The molecule has 1 N–H and O–H groups in total. The Morgan fingerprint density at radius 1 is 1.37 bits per heavy atom. The first kappa shape index (κ1) is 15.6. The van der Waals surface area contributed by atoms with Crippen molar-refractivity contribution in [2.75, 3.05) is 13.6 Å². The molecule has 0 bridgehead atoms. The molecule has 1 aromatic rings. The van der Waals surface area contributed by atoms with Gasteiger partial charge in [-0.25, -0.2) is 4.39 Å².